The van der Waals surface area contributed by atoms with Crippen molar-refractivity contribution in [3.05, 3.63) is 42.5 Å². The summed E-state index contributed by atoms with van der Waals surface area (Å²) in [5.74, 6) is -0.446. The molecule has 0 aliphatic rings. The third-order valence-corrected chi connectivity index (χ3v) is 4.21. The number of ether oxygens (including phenoxy) is 1. The van der Waals surface area contributed by atoms with E-state index in [0.717, 1.165) is 17.7 Å². The predicted molar refractivity (Wildman–Crippen MR) is 96.6 cm³/mol. The lowest BCUT2D eigenvalue weighted by molar-refractivity contribution is -0.161. The first kappa shape index (κ1) is 19.8. The van der Waals surface area contributed by atoms with Gasteiger partial charge in [-0.2, -0.15) is 0 Å². The standard InChI is InChI=1S/C19H28O3S/c1-5-6-8-13-17(20)16(18(21)22-19(2,3)4)14-23-15-11-9-7-10-12-15/h7-13,16-17,20H,5-6,14H2,1-4H3/b13-8+/t16-,17+/m1/s1. The van der Waals surface area contributed by atoms with Crippen molar-refractivity contribution in [3.8, 4) is 0 Å². The van der Waals surface area contributed by atoms with Crippen molar-refractivity contribution in [2.24, 2.45) is 5.92 Å². The summed E-state index contributed by atoms with van der Waals surface area (Å²) in [5.41, 5.74) is -0.556. The van der Waals surface area contributed by atoms with E-state index in [-0.39, 0.29) is 5.97 Å². The Morgan fingerprint density at radius 3 is 2.52 bits per heavy atom. The van der Waals surface area contributed by atoms with Crippen LogP contribution >= 0.6 is 11.8 Å². The molecule has 0 heterocycles. The monoisotopic (exact) mass is 336 g/mol. The molecule has 4 heteroatoms. The predicted octanol–water partition coefficient (Wildman–Crippen LogP) is 4.45. The van der Waals surface area contributed by atoms with Crippen molar-refractivity contribution in [1.82, 2.24) is 0 Å². The van der Waals surface area contributed by atoms with Crippen LogP contribution in [0, 0.1) is 5.92 Å². The summed E-state index contributed by atoms with van der Waals surface area (Å²) >= 11 is 1.56. The lowest BCUT2D eigenvalue weighted by atomic mass is 10.0. The topological polar surface area (TPSA) is 46.5 Å². The molecule has 0 bridgehead atoms. The van der Waals surface area contributed by atoms with Gasteiger partial charge in [-0.1, -0.05) is 43.7 Å². The maximum atomic E-state index is 12.4. The number of allylic oxidation sites excluding steroid dienone is 1. The van der Waals surface area contributed by atoms with Gasteiger partial charge < -0.3 is 9.84 Å². The van der Waals surface area contributed by atoms with Crippen LogP contribution in [-0.2, 0) is 9.53 Å². The molecule has 1 N–H and O–H groups in total. The molecular formula is C19H28O3S. The fraction of sp³-hybridized carbons (Fsp3) is 0.526. The van der Waals surface area contributed by atoms with E-state index in [4.69, 9.17) is 4.74 Å². The molecule has 128 valence electrons. The van der Waals surface area contributed by atoms with Crippen molar-refractivity contribution >= 4 is 17.7 Å². The molecule has 1 rings (SSSR count). The van der Waals surface area contributed by atoms with E-state index in [1.807, 2.05) is 57.2 Å². The molecule has 0 radical (unpaired) electrons. The summed E-state index contributed by atoms with van der Waals surface area (Å²) in [6.07, 6.45) is 4.72. The minimum atomic E-state index is -0.826. The quantitative estimate of drug-likeness (QED) is 0.433. The van der Waals surface area contributed by atoms with Gasteiger partial charge in [0.1, 0.15) is 5.60 Å². The number of unbranched alkanes of at least 4 members (excludes halogenated alkanes) is 1. The summed E-state index contributed by atoms with van der Waals surface area (Å²) in [7, 11) is 0. The Balaban J connectivity index is 2.76. The number of benzene rings is 1. The smallest absolute Gasteiger partial charge is 0.313 e. The molecule has 0 unspecified atom stereocenters. The van der Waals surface area contributed by atoms with Gasteiger partial charge in [0, 0.05) is 10.6 Å². The Morgan fingerprint density at radius 2 is 1.96 bits per heavy atom. The summed E-state index contributed by atoms with van der Waals surface area (Å²) in [5, 5.41) is 10.4. The van der Waals surface area contributed by atoms with Crippen LogP contribution in [0.25, 0.3) is 0 Å². The van der Waals surface area contributed by atoms with E-state index in [0.29, 0.717) is 5.75 Å². The van der Waals surface area contributed by atoms with Crippen LogP contribution in [0.15, 0.2) is 47.4 Å². The first-order chi connectivity index (χ1) is 10.8. The molecule has 0 aromatic heterocycles. The zero-order valence-corrected chi connectivity index (χ0v) is 15.3. The molecule has 0 saturated carbocycles. The molecule has 0 amide bonds. The fourth-order valence-electron chi connectivity index (χ4n) is 1.92. The van der Waals surface area contributed by atoms with Gasteiger partial charge in [-0.25, -0.2) is 0 Å². The number of thioether (sulfide) groups is 1. The number of aliphatic hydroxyl groups excluding tert-OH is 1. The average Bonchev–Trinajstić information content (AvgIpc) is 2.47. The average molecular weight is 336 g/mol. The molecule has 1 aromatic rings. The van der Waals surface area contributed by atoms with Crippen LogP contribution in [0.2, 0.25) is 0 Å². The second-order valence-corrected chi connectivity index (χ2v) is 7.56. The lowest BCUT2D eigenvalue weighted by Gasteiger charge is -2.25. The molecule has 1 aromatic carbocycles. The number of carbonyl (C=O) groups excluding carboxylic acids is 1. The van der Waals surface area contributed by atoms with Crippen LogP contribution in [0.4, 0.5) is 0 Å². The van der Waals surface area contributed by atoms with Crippen LogP contribution in [-0.4, -0.2) is 28.5 Å². The van der Waals surface area contributed by atoms with Gasteiger partial charge in [-0.3, -0.25) is 4.79 Å². The van der Waals surface area contributed by atoms with Gasteiger partial charge in [0.05, 0.1) is 12.0 Å². The number of rotatable bonds is 8. The van der Waals surface area contributed by atoms with Gasteiger partial charge >= 0.3 is 5.97 Å². The molecule has 2 atom stereocenters. The Labute approximate surface area is 144 Å². The van der Waals surface area contributed by atoms with Crippen LogP contribution in [0.3, 0.4) is 0 Å². The fourth-order valence-corrected chi connectivity index (χ4v) is 2.98. The Bertz CT molecular complexity index is 491. The van der Waals surface area contributed by atoms with E-state index in [1.54, 1.807) is 17.8 Å². The minimum Gasteiger partial charge on any atom is -0.460 e. The van der Waals surface area contributed by atoms with E-state index in [1.165, 1.54) is 0 Å². The molecule has 0 spiro atoms. The zero-order valence-electron chi connectivity index (χ0n) is 14.5. The van der Waals surface area contributed by atoms with Crippen LogP contribution < -0.4 is 0 Å². The first-order valence-electron chi connectivity index (χ1n) is 8.09. The highest BCUT2D eigenvalue weighted by atomic mass is 32.2. The van der Waals surface area contributed by atoms with Crippen molar-refractivity contribution in [2.75, 3.05) is 5.75 Å². The van der Waals surface area contributed by atoms with Crippen molar-refractivity contribution in [3.63, 3.8) is 0 Å². The highest BCUT2D eigenvalue weighted by Crippen LogP contribution is 2.24. The van der Waals surface area contributed by atoms with Crippen LogP contribution in [0.1, 0.15) is 40.5 Å². The van der Waals surface area contributed by atoms with E-state index < -0.39 is 17.6 Å². The third kappa shape index (κ3) is 8.24. The lowest BCUT2D eigenvalue weighted by Crippen LogP contribution is -2.35. The zero-order chi connectivity index (χ0) is 17.3. The Hall–Kier alpha value is -1.26. The van der Waals surface area contributed by atoms with Crippen molar-refractivity contribution in [1.29, 1.82) is 0 Å². The van der Waals surface area contributed by atoms with Crippen LogP contribution in [0.5, 0.6) is 0 Å². The molecule has 0 aliphatic heterocycles. The number of hydrogen-bond acceptors (Lipinski definition) is 4. The second-order valence-electron chi connectivity index (χ2n) is 6.47. The van der Waals surface area contributed by atoms with Crippen molar-refractivity contribution < 1.29 is 14.6 Å². The summed E-state index contributed by atoms with van der Waals surface area (Å²) in [4.78, 5) is 13.5. The van der Waals surface area contributed by atoms with Gasteiger partial charge in [0.2, 0.25) is 0 Å². The highest BCUT2D eigenvalue weighted by Gasteiger charge is 2.30. The molecule has 3 nitrogen and oxygen atoms in total. The Morgan fingerprint density at radius 1 is 1.30 bits per heavy atom. The summed E-state index contributed by atoms with van der Waals surface area (Å²) in [6, 6.07) is 9.87. The van der Waals surface area contributed by atoms with Gasteiger partial charge in [-0.05, 0) is 39.3 Å². The molecule has 0 fully saturated rings. The maximum Gasteiger partial charge on any atom is 0.313 e. The molecule has 23 heavy (non-hydrogen) atoms. The number of hydrogen-bond donors (Lipinski definition) is 1. The van der Waals surface area contributed by atoms with Gasteiger partial charge in [0.25, 0.3) is 0 Å². The first-order valence-corrected chi connectivity index (χ1v) is 9.07. The third-order valence-electron chi connectivity index (χ3n) is 3.08. The second kappa shape index (κ2) is 9.78. The van der Waals surface area contributed by atoms with E-state index >= 15 is 0 Å². The number of carbonyl (C=O) groups is 1. The van der Waals surface area contributed by atoms with Gasteiger partial charge in [-0.15, -0.1) is 11.8 Å². The largest absolute Gasteiger partial charge is 0.460 e. The van der Waals surface area contributed by atoms with Gasteiger partial charge in [0.15, 0.2) is 0 Å². The summed E-state index contributed by atoms with van der Waals surface area (Å²) in [6.45, 7) is 7.59. The SMILES string of the molecule is CCC/C=C/[C@H](O)[C@@H](CSc1ccccc1)C(=O)OC(C)(C)C. The molecular weight excluding hydrogens is 308 g/mol. The highest BCUT2D eigenvalue weighted by molar-refractivity contribution is 7.99. The van der Waals surface area contributed by atoms with E-state index in [9.17, 15) is 9.90 Å². The number of aliphatic hydroxyl groups is 1. The van der Waals surface area contributed by atoms with E-state index in [2.05, 4.69) is 6.92 Å². The summed E-state index contributed by atoms with van der Waals surface area (Å²) < 4.78 is 5.47. The Kier molecular flexibility index (Phi) is 8.42. The van der Waals surface area contributed by atoms with Crippen molar-refractivity contribution in [2.45, 2.75) is 57.1 Å². The maximum absolute atomic E-state index is 12.4. The molecule has 0 saturated heterocycles. The number of esters is 1. The minimum absolute atomic E-state index is 0.352. The molecule has 0 aliphatic carbocycles. The normalized spacial score (nSPS) is 14.7.